The maximum absolute atomic E-state index is 12.0. The number of rotatable bonds is 3. The standard InChI is InChI=1S/C11H5Br2ClN2O3S/c12-6-4-9(20-10(6)13)11(17)15-8-2-1-5(16(18)19)3-7(8)14/h1-4H,(H,15,17). The van der Waals surface area contributed by atoms with E-state index in [2.05, 4.69) is 37.2 Å². The van der Waals surface area contributed by atoms with Gasteiger partial charge in [0.1, 0.15) is 0 Å². The number of nitrogens with zero attached hydrogens (tertiary/aromatic N) is 1. The quantitative estimate of drug-likeness (QED) is 0.534. The molecule has 0 aliphatic rings. The first-order chi connectivity index (χ1) is 9.38. The highest BCUT2D eigenvalue weighted by Crippen LogP contribution is 2.33. The lowest BCUT2D eigenvalue weighted by Crippen LogP contribution is -2.10. The van der Waals surface area contributed by atoms with Crippen LogP contribution in [0.2, 0.25) is 5.02 Å². The Morgan fingerprint density at radius 1 is 1.35 bits per heavy atom. The average Bonchev–Trinajstić information content (AvgIpc) is 2.72. The van der Waals surface area contributed by atoms with Gasteiger partial charge in [0.25, 0.3) is 11.6 Å². The Balaban J connectivity index is 2.21. The van der Waals surface area contributed by atoms with Gasteiger partial charge in [-0.05, 0) is 44.0 Å². The first-order valence-electron chi connectivity index (χ1n) is 5.08. The molecule has 0 spiro atoms. The van der Waals surface area contributed by atoms with Gasteiger partial charge in [0.15, 0.2) is 0 Å². The van der Waals surface area contributed by atoms with Crippen LogP contribution in [0.25, 0.3) is 0 Å². The fourth-order valence-corrected chi connectivity index (χ4v) is 3.51. The Morgan fingerprint density at radius 2 is 2.05 bits per heavy atom. The molecule has 0 radical (unpaired) electrons. The average molecular weight is 440 g/mol. The summed E-state index contributed by atoms with van der Waals surface area (Å²) in [5.41, 5.74) is 0.192. The van der Waals surface area contributed by atoms with Gasteiger partial charge in [-0.25, -0.2) is 0 Å². The van der Waals surface area contributed by atoms with Crippen molar-refractivity contribution in [2.24, 2.45) is 0 Å². The maximum atomic E-state index is 12.0. The SMILES string of the molecule is O=C(Nc1ccc([N+](=O)[O-])cc1Cl)c1cc(Br)c(Br)s1. The van der Waals surface area contributed by atoms with E-state index in [9.17, 15) is 14.9 Å². The molecule has 1 amide bonds. The highest BCUT2D eigenvalue weighted by molar-refractivity contribution is 9.13. The lowest BCUT2D eigenvalue weighted by atomic mass is 10.2. The number of thiophene rings is 1. The van der Waals surface area contributed by atoms with Crippen molar-refractivity contribution in [3.8, 4) is 0 Å². The second kappa shape index (κ2) is 6.21. The van der Waals surface area contributed by atoms with Gasteiger partial charge in [-0.2, -0.15) is 0 Å². The highest BCUT2D eigenvalue weighted by Gasteiger charge is 2.15. The molecule has 1 aromatic carbocycles. The third-order valence-corrected chi connectivity index (χ3v) is 5.85. The second-order valence-corrected chi connectivity index (χ2v) is 7.24. The number of nitro benzene ring substituents is 1. The van der Waals surface area contributed by atoms with Crippen molar-refractivity contribution >= 4 is 72.1 Å². The molecule has 5 nitrogen and oxygen atoms in total. The van der Waals surface area contributed by atoms with Gasteiger partial charge < -0.3 is 5.32 Å². The zero-order valence-electron chi connectivity index (χ0n) is 9.52. The Morgan fingerprint density at radius 3 is 2.55 bits per heavy atom. The van der Waals surface area contributed by atoms with E-state index in [1.807, 2.05) is 0 Å². The number of anilines is 1. The molecule has 20 heavy (non-hydrogen) atoms. The number of carbonyl (C=O) groups excluding carboxylic acids is 1. The summed E-state index contributed by atoms with van der Waals surface area (Å²) < 4.78 is 1.58. The Labute approximate surface area is 139 Å². The summed E-state index contributed by atoms with van der Waals surface area (Å²) in [6, 6.07) is 5.54. The fraction of sp³-hybridized carbons (Fsp3) is 0. The number of carbonyl (C=O) groups is 1. The van der Waals surface area contributed by atoms with Crippen molar-refractivity contribution in [2.45, 2.75) is 0 Å². The zero-order valence-corrected chi connectivity index (χ0v) is 14.3. The number of non-ortho nitro benzene ring substituents is 1. The Hall–Kier alpha value is -0.960. The number of hydrogen-bond acceptors (Lipinski definition) is 4. The molecule has 2 aromatic rings. The summed E-state index contributed by atoms with van der Waals surface area (Å²) in [6.07, 6.45) is 0. The van der Waals surface area contributed by atoms with E-state index in [1.54, 1.807) is 6.07 Å². The summed E-state index contributed by atoms with van der Waals surface area (Å²) in [5.74, 6) is -0.336. The van der Waals surface area contributed by atoms with E-state index in [0.717, 1.165) is 8.26 Å². The number of hydrogen-bond donors (Lipinski definition) is 1. The molecule has 104 valence electrons. The molecule has 0 fully saturated rings. The molecule has 0 aliphatic heterocycles. The number of halogens is 3. The van der Waals surface area contributed by atoms with Crippen LogP contribution in [0.3, 0.4) is 0 Å². The number of amides is 1. The van der Waals surface area contributed by atoms with Crippen LogP contribution in [-0.2, 0) is 0 Å². The molecule has 9 heteroatoms. The van der Waals surface area contributed by atoms with E-state index in [4.69, 9.17) is 11.6 Å². The lowest BCUT2D eigenvalue weighted by Gasteiger charge is -2.05. The third-order valence-electron chi connectivity index (χ3n) is 2.28. The lowest BCUT2D eigenvalue weighted by molar-refractivity contribution is -0.384. The highest BCUT2D eigenvalue weighted by atomic mass is 79.9. The minimum Gasteiger partial charge on any atom is -0.320 e. The van der Waals surface area contributed by atoms with Crippen LogP contribution in [0.15, 0.2) is 32.5 Å². The first-order valence-corrected chi connectivity index (χ1v) is 7.86. The van der Waals surface area contributed by atoms with Gasteiger partial charge in [-0.3, -0.25) is 14.9 Å². The molecule has 1 N–H and O–H groups in total. The number of nitro groups is 1. The van der Waals surface area contributed by atoms with Crippen molar-refractivity contribution in [1.29, 1.82) is 0 Å². The topological polar surface area (TPSA) is 72.2 Å². The second-order valence-electron chi connectivity index (χ2n) is 3.61. The van der Waals surface area contributed by atoms with Crippen LogP contribution in [0.5, 0.6) is 0 Å². The van der Waals surface area contributed by atoms with Crippen LogP contribution < -0.4 is 5.32 Å². The summed E-state index contributed by atoms with van der Waals surface area (Å²) in [7, 11) is 0. The van der Waals surface area contributed by atoms with Crippen LogP contribution in [0.4, 0.5) is 11.4 Å². The fourth-order valence-electron chi connectivity index (χ4n) is 1.36. The van der Waals surface area contributed by atoms with E-state index in [-0.39, 0.29) is 16.6 Å². The number of benzene rings is 1. The molecule has 0 atom stereocenters. The normalized spacial score (nSPS) is 10.3. The summed E-state index contributed by atoms with van der Waals surface area (Å²) in [6.45, 7) is 0. The number of nitrogens with one attached hydrogen (secondary N) is 1. The van der Waals surface area contributed by atoms with Gasteiger partial charge in [0.2, 0.25) is 0 Å². The Kier molecular flexibility index (Phi) is 4.79. The van der Waals surface area contributed by atoms with Crippen molar-refractivity contribution in [3.63, 3.8) is 0 Å². The maximum Gasteiger partial charge on any atom is 0.271 e. The van der Waals surface area contributed by atoms with Gasteiger partial charge >= 0.3 is 0 Å². The van der Waals surface area contributed by atoms with Gasteiger partial charge in [0.05, 0.1) is 24.3 Å². The molecular weight excluding hydrogens is 435 g/mol. The predicted molar refractivity (Wildman–Crippen MR) is 85.8 cm³/mol. The van der Waals surface area contributed by atoms with Crippen LogP contribution in [-0.4, -0.2) is 10.8 Å². The minimum absolute atomic E-state index is 0.113. The molecule has 2 rings (SSSR count). The minimum atomic E-state index is -0.551. The van der Waals surface area contributed by atoms with Crippen molar-refractivity contribution in [2.75, 3.05) is 5.32 Å². The summed E-state index contributed by atoms with van der Waals surface area (Å²) in [5, 5.41) is 13.3. The largest absolute Gasteiger partial charge is 0.320 e. The molecule has 1 aromatic heterocycles. The van der Waals surface area contributed by atoms with E-state index in [0.29, 0.717) is 10.6 Å². The molecule has 0 aliphatic carbocycles. The molecule has 0 unspecified atom stereocenters. The molecular formula is C11H5Br2ClN2O3S. The van der Waals surface area contributed by atoms with Crippen molar-refractivity contribution in [1.82, 2.24) is 0 Å². The van der Waals surface area contributed by atoms with Crippen LogP contribution in [0, 0.1) is 10.1 Å². The monoisotopic (exact) mass is 438 g/mol. The Bertz CT molecular complexity index is 685. The molecule has 0 saturated heterocycles. The predicted octanol–water partition coefficient (Wildman–Crippen LogP) is 5.09. The van der Waals surface area contributed by atoms with E-state index >= 15 is 0 Å². The first kappa shape index (κ1) is 15.4. The smallest absolute Gasteiger partial charge is 0.271 e. The van der Waals surface area contributed by atoms with E-state index in [1.165, 1.54) is 29.5 Å². The molecule has 0 saturated carbocycles. The summed E-state index contributed by atoms with van der Waals surface area (Å²) in [4.78, 5) is 22.5. The van der Waals surface area contributed by atoms with Crippen LogP contribution >= 0.6 is 54.8 Å². The molecule has 1 heterocycles. The summed E-state index contributed by atoms with van der Waals surface area (Å²) >= 11 is 13.8. The third kappa shape index (κ3) is 3.38. The molecule has 0 bridgehead atoms. The zero-order chi connectivity index (χ0) is 14.9. The van der Waals surface area contributed by atoms with Gasteiger partial charge in [0, 0.05) is 16.6 Å². The van der Waals surface area contributed by atoms with Gasteiger partial charge in [-0.1, -0.05) is 11.6 Å². The van der Waals surface area contributed by atoms with Crippen molar-refractivity contribution in [3.05, 3.63) is 52.5 Å². The van der Waals surface area contributed by atoms with Crippen molar-refractivity contribution < 1.29 is 9.72 Å². The van der Waals surface area contributed by atoms with Crippen LogP contribution in [0.1, 0.15) is 9.67 Å². The van der Waals surface area contributed by atoms with E-state index < -0.39 is 4.92 Å². The van der Waals surface area contributed by atoms with Gasteiger partial charge in [-0.15, -0.1) is 11.3 Å².